The fourth-order valence-corrected chi connectivity index (χ4v) is 3.29. The Morgan fingerprint density at radius 3 is 2.41 bits per heavy atom. The first-order chi connectivity index (χ1) is 14.0. The molecule has 1 aromatic heterocycles. The highest BCUT2D eigenvalue weighted by atomic mass is 19.1. The Balaban J connectivity index is 1.75. The zero-order chi connectivity index (χ0) is 20.4. The molecule has 0 aliphatic carbocycles. The van der Waals surface area contributed by atoms with Crippen molar-refractivity contribution in [3.63, 3.8) is 0 Å². The number of carbonyl (C=O) groups is 2. The van der Waals surface area contributed by atoms with Crippen molar-refractivity contribution >= 4 is 29.3 Å². The summed E-state index contributed by atoms with van der Waals surface area (Å²) >= 11 is 0. The highest BCUT2D eigenvalue weighted by Crippen LogP contribution is 2.41. The quantitative estimate of drug-likeness (QED) is 0.653. The van der Waals surface area contributed by atoms with E-state index in [9.17, 15) is 18.4 Å². The molecule has 29 heavy (non-hydrogen) atoms. The summed E-state index contributed by atoms with van der Waals surface area (Å²) < 4.78 is 33.7. The van der Waals surface area contributed by atoms with E-state index in [1.807, 2.05) is 0 Å². The molecule has 146 valence electrons. The zero-order valence-corrected chi connectivity index (χ0v) is 15.1. The lowest BCUT2D eigenvalue weighted by molar-refractivity contribution is -0.134. The summed E-state index contributed by atoms with van der Waals surface area (Å²) in [5.41, 5.74) is -1.60. The van der Waals surface area contributed by atoms with Gasteiger partial charge in [0.2, 0.25) is 5.91 Å². The summed E-state index contributed by atoms with van der Waals surface area (Å²) in [6, 6.07) is 14.7. The fraction of sp³-hybridized carbons (Fsp3) is 0.0909. The lowest BCUT2D eigenvalue weighted by atomic mass is 9.81. The lowest BCUT2D eigenvalue weighted by Crippen LogP contribution is -2.69. The van der Waals surface area contributed by atoms with Crippen LogP contribution < -0.4 is 10.2 Å². The van der Waals surface area contributed by atoms with Crippen LogP contribution in [0.5, 0.6) is 0 Å². The van der Waals surface area contributed by atoms with Gasteiger partial charge in [0.25, 0.3) is 5.91 Å². The smallest absolute Gasteiger partial charge is 0.255 e. The molecule has 1 unspecified atom stereocenters. The molecule has 0 bridgehead atoms. The van der Waals surface area contributed by atoms with Crippen LogP contribution in [0.25, 0.3) is 6.08 Å². The maximum Gasteiger partial charge on any atom is 0.255 e. The van der Waals surface area contributed by atoms with Gasteiger partial charge in [-0.2, -0.15) is 0 Å². The first-order valence-corrected chi connectivity index (χ1v) is 8.87. The molecule has 2 heterocycles. The van der Waals surface area contributed by atoms with Gasteiger partial charge in [0, 0.05) is 0 Å². The van der Waals surface area contributed by atoms with Gasteiger partial charge in [-0.15, -0.1) is 0 Å². The lowest BCUT2D eigenvalue weighted by Gasteiger charge is -2.48. The molecule has 1 N–H and O–H groups in total. The second-order valence-electron chi connectivity index (χ2n) is 6.56. The molecule has 1 saturated heterocycles. The third kappa shape index (κ3) is 3.31. The number of hydrogen-bond donors (Lipinski definition) is 1. The van der Waals surface area contributed by atoms with Gasteiger partial charge in [0.15, 0.2) is 5.54 Å². The highest BCUT2D eigenvalue weighted by Gasteiger charge is 2.56. The van der Waals surface area contributed by atoms with Crippen LogP contribution in [0.15, 0.2) is 77.4 Å². The van der Waals surface area contributed by atoms with Crippen molar-refractivity contribution < 1.29 is 22.8 Å². The minimum Gasteiger partial charge on any atom is -0.465 e. The van der Waals surface area contributed by atoms with E-state index in [1.54, 1.807) is 24.3 Å². The van der Waals surface area contributed by atoms with E-state index >= 15 is 0 Å². The third-order valence-corrected chi connectivity index (χ3v) is 4.74. The molecule has 3 aromatic rings. The highest BCUT2D eigenvalue weighted by molar-refractivity contribution is 6.18. The van der Waals surface area contributed by atoms with Gasteiger partial charge in [-0.3, -0.25) is 14.5 Å². The van der Waals surface area contributed by atoms with E-state index in [0.717, 1.165) is 4.90 Å². The second kappa shape index (κ2) is 7.35. The molecule has 2 amide bonds. The number of para-hydroxylation sites is 2. The van der Waals surface area contributed by atoms with Crippen LogP contribution >= 0.6 is 0 Å². The van der Waals surface area contributed by atoms with Crippen LogP contribution in [-0.4, -0.2) is 17.4 Å². The molecule has 0 saturated carbocycles. The van der Waals surface area contributed by atoms with Crippen molar-refractivity contribution in [2.45, 2.75) is 12.0 Å². The molecule has 0 radical (unpaired) electrons. The second-order valence-corrected chi connectivity index (χ2v) is 6.56. The van der Waals surface area contributed by atoms with Crippen molar-refractivity contribution in [2.24, 2.45) is 0 Å². The Kier molecular flexibility index (Phi) is 4.72. The Labute approximate surface area is 165 Å². The van der Waals surface area contributed by atoms with Crippen LogP contribution in [0.2, 0.25) is 0 Å². The number of furan rings is 1. The number of amides is 2. The van der Waals surface area contributed by atoms with Gasteiger partial charge in [0.1, 0.15) is 17.4 Å². The van der Waals surface area contributed by atoms with Crippen LogP contribution in [-0.2, 0) is 9.59 Å². The number of anilines is 2. The standard InChI is InChI=1S/C22H16F2N2O3/c23-16-7-1-3-9-18(16)25-21(28)22(12-11-15-6-5-13-29-15)14-20(27)26(22)19-10-4-2-8-17(19)24/h1-13H,14H2,(H,25,28). The predicted molar refractivity (Wildman–Crippen MR) is 104 cm³/mol. The number of carbonyl (C=O) groups excluding carboxylic acids is 2. The molecule has 0 spiro atoms. The number of nitrogens with one attached hydrogen (secondary N) is 1. The zero-order valence-electron chi connectivity index (χ0n) is 15.1. The largest absolute Gasteiger partial charge is 0.465 e. The topological polar surface area (TPSA) is 62.6 Å². The van der Waals surface area contributed by atoms with Crippen LogP contribution in [0.3, 0.4) is 0 Å². The minimum absolute atomic E-state index is 0.0310. The number of halogens is 2. The van der Waals surface area contributed by atoms with Gasteiger partial charge in [-0.05, 0) is 48.6 Å². The van der Waals surface area contributed by atoms with Crippen molar-refractivity contribution in [2.75, 3.05) is 10.2 Å². The summed E-state index contributed by atoms with van der Waals surface area (Å²) in [4.78, 5) is 26.7. The van der Waals surface area contributed by atoms with Crippen molar-refractivity contribution in [1.82, 2.24) is 0 Å². The normalized spacial score (nSPS) is 18.7. The Morgan fingerprint density at radius 2 is 1.76 bits per heavy atom. The van der Waals surface area contributed by atoms with E-state index in [4.69, 9.17) is 4.42 Å². The molecule has 2 aromatic carbocycles. The van der Waals surface area contributed by atoms with E-state index in [-0.39, 0.29) is 17.8 Å². The fourth-order valence-electron chi connectivity index (χ4n) is 3.29. The van der Waals surface area contributed by atoms with Crippen molar-refractivity contribution in [1.29, 1.82) is 0 Å². The van der Waals surface area contributed by atoms with Gasteiger partial charge in [0.05, 0.1) is 24.1 Å². The minimum atomic E-state index is -1.53. The molecule has 4 rings (SSSR count). The molecular weight excluding hydrogens is 378 g/mol. The molecular formula is C22H16F2N2O3. The van der Waals surface area contributed by atoms with Gasteiger partial charge in [-0.25, -0.2) is 8.78 Å². The van der Waals surface area contributed by atoms with Gasteiger partial charge >= 0.3 is 0 Å². The van der Waals surface area contributed by atoms with E-state index in [1.165, 1.54) is 54.8 Å². The van der Waals surface area contributed by atoms with E-state index in [2.05, 4.69) is 5.32 Å². The number of nitrogens with zero attached hydrogens (tertiary/aromatic N) is 1. The molecule has 7 heteroatoms. The van der Waals surface area contributed by atoms with Crippen molar-refractivity contribution in [3.05, 3.63) is 90.4 Å². The number of β-lactam (4-membered cyclic amide) rings is 1. The Morgan fingerprint density at radius 1 is 1.03 bits per heavy atom. The van der Waals surface area contributed by atoms with Gasteiger partial charge < -0.3 is 9.73 Å². The molecule has 1 fully saturated rings. The summed E-state index contributed by atoms with van der Waals surface area (Å²) in [5, 5.41) is 2.51. The maximum atomic E-state index is 14.4. The summed E-state index contributed by atoms with van der Waals surface area (Å²) in [6.07, 6.45) is 4.27. The SMILES string of the molecule is O=C1CC(C=Cc2ccco2)(C(=O)Nc2ccccc2F)N1c1ccccc1F. The number of rotatable bonds is 5. The summed E-state index contributed by atoms with van der Waals surface area (Å²) in [6.45, 7) is 0. The average Bonchev–Trinajstić information content (AvgIpc) is 3.22. The van der Waals surface area contributed by atoms with Crippen LogP contribution in [0.4, 0.5) is 20.2 Å². The molecule has 5 nitrogen and oxygen atoms in total. The summed E-state index contributed by atoms with van der Waals surface area (Å²) in [5.74, 6) is -1.89. The van der Waals surface area contributed by atoms with E-state index < -0.39 is 29.0 Å². The summed E-state index contributed by atoms with van der Waals surface area (Å²) in [7, 11) is 0. The molecule has 1 aliphatic heterocycles. The van der Waals surface area contributed by atoms with E-state index in [0.29, 0.717) is 5.76 Å². The number of hydrogen-bond acceptors (Lipinski definition) is 3. The third-order valence-electron chi connectivity index (χ3n) is 4.74. The Bertz CT molecular complexity index is 1090. The molecule has 1 aliphatic rings. The Hall–Kier alpha value is -3.74. The maximum absolute atomic E-state index is 14.4. The monoisotopic (exact) mass is 394 g/mol. The average molecular weight is 394 g/mol. The van der Waals surface area contributed by atoms with Crippen molar-refractivity contribution in [3.8, 4) is 0 Å². The molecule has 1 atom stereocenters. The van der Waals surface area contributed by atoms with Gasteiger partial charge in [-0.1, -0.05) is 24.3 Å². The predicted octanol–water partition coefficient (Wildman–Crippen LogP) is 4.39. The first kappa shape index (κ1) is 18.6. The first-order valence-electron chi connectivity index (χ1n) is 8.87. The number of benzene rings is 2. The van der Waals surface area contributed by atoms with Crippen LogP contribution in [0.1, 0.15) is 12.2 Å². The van der Waals surface area contributed by atoms with Crippen LogP contribution in [0, 0.1) is 11.6 Å².